The number of aromatic nitrogens is 4. The highest BCUT2D eigenvalue weighted by atomic mass is 16.5. The molecule has 2 rings (SSSR count). The average Bonchev–Trinajstić information content (AvgIpc) is 2.91. The topological polar surface area (TPSA) is 95.9 Å². The summed E-state index contributed by atoms with van der Waals surface area (Å²) in [6.07, 6.45) is 3.03. The fourth-order valence-electron chi connectivity index (χ4n) is 1.78. The summed E-state index contributed by atoms with van der Waals surface area (Å²) in [6, 6.07) is 0. The van der Waals surface area contributed by atoms with Crippen LogP contribution < -0.4 is 5.73 Å². The first kappa shape index (κ1) is 15.0. The predicted molar refractivity (Wildman–Crippen MR) is 78.3 cm³/mol. The lowest BCUT2D eigenvalue weighted by Crippen LogP contribution is -2.11. The summed E-state index contributed by atoms with van der Waals surface area (Å²) in [7, 11) is 0. The van der Waals surface area contributed by atoms with Crippen molar-refractivity contribution in [2.24, 2.45) is 0 Å². The molecule has 0 spiro atoms. The molecule has 21 heavy (non-hydrogen) atoms. The highest BCUT2D eigenvalue weighted by Gasteiger charge is 2.16. The number of ether oxygens (including phenoxy) is 1. The standard InChI is InChI=1S/C14H19N5O2/c1-5-21-14(20)10-6-16-19(7-10)13-9(4)11(15)17-12(18-13)8(2)3/h6-8H,5H2,1-4H3,(H2,15,17,18). The van der Waals surface area contributed by atoms with Gasteiger partial charge < -0.3 is 10.5 Å². The van der Waals surface area contributed by atoms with Crippen molar-refractivity contribution in [2.75, 3.05) is 12.3 Å². The number of nitrogen functional groups attached to an aromatic ring is 1. The van der Waals surface area contributed by atoms with E-state index in [1.54, 1.807) is 13.1 Å². The van der Waals surface area contributed by atoms with Gasteiger partial charge in [-0.15, -0.1) is 0 Å². The number of rotatable bonds is 4. The van der Waals surface area contributed by atoms with Crippen molar-refractivity contribution in [3.63, 3.8) is 0 Å². The van der Waals surface area contributed by atoms with Crippen LogP contribution in [0.4, 0.5) is 5.82 Å². The van der Waals surface area contributed by atoms with Crippen molar-refractivity contribution in [2.45, 2.75) is 33.6 Å². The van der Waals surface area contributed by atoms with E-state index in [0.717, 1.165) is 5.56 Å². The normalized spacial score (nSPS) is 10.9. The molecule has 0 saturated carbocycles. The molecule has 0 radical (unpaired) electrons. The van der Waals surface area contributed by atoms with Gasteiger partial charge in [0.2, 0.25) is 0 Å². The number of nitrogens with zero attached hydrogens (tertiary/aromatic N) is 4. The van der Waals surface area contributed by atoms with Gasteiger partial charge in [-0.2, -0.15) is 5.10 Å². The van der Waals surface area contributed by atoms with Gasteiger partial charge in [0.15, 0.2) is 5.82 Å². The van der Waals surface area contributed by atoms with Crippen LogP contribution in [0.2, 0.25) is 0 Å². The first-order chi connectivity index (χ1) is 9.93. The van der Waals surface area contributed by atoms with Gasteiger partial charge in [-0.05, 0) is 13.8 Å². The number of hydrogen-bond acceptors (Lipinski definition) is 6. The Bertz CT molecular complexity index is 663. The third-order valence-electron chi connectivity index (χ3n) is 3.00. The maximum atomic E-state index is 11.7. The number of carbonyl (C=O) groups excluding carboxylic acids is 1. The van der Waals surface area contributed by atoms with E-state index in [1.165, 1.54) is 10.9 Å². The summed E-state index contributed by atoms with van der Waals surface area (Å²) in [5.41, 5.74) is 7.02. The van der Waals surface area contributed by atoms with Crippen molar-refractivity contribution in [3.05, 3.63) is 29.3 Å². The van der Waals surface area contributed by atoms with Crippen molar-refractivity contribution >= 4 is 11.8 Å². The Morgan fingerprint density at radius 3 is 2.76 bits per heavy atom. The van der Waals surface area contributed by atoms with Gasteiger partial charge in [0.1, 0.15) is 11.6 Å². The Morgan fingerprint density at radius 1 is 1.43 bits per heavy atom. The molecule has 2 N–H and O–H groups in total. The van der Waals surface area contributed by atoms with Crippen molar-refractivity contribution < 1.29 is 9.53 Å². The van der Waals surface area contributed by atoms with Crippen LogP contribution in [0, 0.1) is 6.92 Å². The van der Waals surface area contributed by atoms with Crippen LogP contribution in [-0.4, -0.2) is 32.3 Å². The Hall–Kier alpha value is -2.44. The van der Waals surface area contributed by atoms with E-state index >= 15 is 0 Å². The molecule has 0 atom stereocenters. The van der Waals surface area contributed by atoms with Crippen LogP contribution in [0.3, 0.4) is 0 Å². The summed E-state index contributed by atoms with van der Waals surface area (Å²) < 4.78 is 6.46. The maximum Gasteiger partial charge on any atom is 0.341 e. The summed E-state index contributed by atoms with van der Waals surface area (Å²) >= 11 is 0. The SMILES string of the molecule is CCOC(=O)c1cnn(-c2nc(C(C)C)nc(N)c2C)c1. The largest absolute Gasteiger partial charge is 0.462 e. The molecular weight excluding hydrogens is 270 g/mol. The van der Waals surface area contributed by atoms with Crippen LogP contribution in [0.1, 0.15) is 48.4 Å². The smallest absolute Gasteiger partial charge is 0.341 e. The van der Waals surface area contributed by atoms with Crippen molar-refractivity contribution in [1.82, 2.24) is 19.7 Å². The maximum absolute atomic E-state index is 11.7. The summed E-state index contributed by atoms with van der Waals surface area (Å²) in [5.74, 6) is 1.36. The van der Waals surface area contributed by atoms with Gasteiger partial charge in [0.05, 0.1) is 18.4 Å². The molecule has 0 aliphatic rings. The lowest BCUT2D eigenvalue weighted by Gasteiger charge is -2.11. The number of esters is 1. The number of nitrogens with two attached hydrogens (primary N) is 1. The van der Waals surface area contributed by atoms with Gasteiger partial charge in [0.25, 0.3) is 0 Å². The Balaban J connectivity index is 2.44. The van der Waals surface area contributed by atoms with Crippen LogP contribution >= 0.6 is 0 Å². The average molecular weight is 289 g/mol. The molecule has 0 amide bonds. The fraction of sp³-hybridized carbons (Fsp3) is 0.429. The van der Waals surface area contributed by atoms with Crippen molar-refractivity contribution in [1.29, 1.82) is 0 Å². The number of carbonyl (C=O) groups is 1. The van der Waals surface area contributed by atoms with Crippen molar-refractivity contribution in [3.8, 4) is 5.82 Å². The molecule has 0 bridgehead atoms. The Labute approximate surface area is 123 Å². The van der Waals surface area contributed by atoms with Crippen LogP contribution in [0.25, 0.3) is 5.82 Å². The summed E-state index contributed by atoms with van der Waals surface area (Å²) in [5, 5.41) is 4.16. The van der Waals surface area contributed by atoms with E-state index in [0.29, 0.717) is 29.6 Å². The minimum absolute atomic E-state index is 0.145. The molecule has 112 valence electrons. The zero-order valence-corrected chi connectivity index (χ0v) is 12.6. The van der Waals surface area contributed by atoms with Gasteiger partial charge in [-0.3, -0.25) is 0 Å². The number of anilines is 1. The quantitative estimate of drug-likeness (QED) is 0.863. The minimum atomic E-state index is -0.410. The van der Waals surface area contributed by atoms with Gasteiger partial charge >= 0.3 is 5.97 Å². The van der Waals surface area contributed by atoms with Gasteiger partial charge in [0, 0.05) is 17.7 Å². The molecule has 2 aromatic heterocycles. The second-order valence-electron chi connectivity index (χ2n) is 4.96. The molecule has 0 aliphatic heterocycles. The number of hydrogen-bond donors (Lipinski definition) is 1. The minimum Gasteiger partial charge on any atom is -0.462 e. The van der Waals surface area contributed by atoms with E-state index in [-0.39, 0.29) is 5.92 Å². The van der Waals surface area contributed by atoms with Gasteiger partial charge in [-0.25, -0.2) is 19.4 Å². The molecule has 0 saturated heterocycles. The predicted octanol–water partition coefficient (Wildman–Crippen LogP) is 1.85. The van der Waals surface area contributed by atoms with E-state index in [4.69, 9.17) is 10.5 Å². The first-order valence-corrected chi connectivity index (χ1v) is 6.80. The van der Waals surface area contributed by atoms with Crippen LogP contribution in [-0.2, 0) is 4.74 Å². The Kier molecular flexibility index (Phi) is 4.21. The summed E-state index contributed by atoms with van der Waals surface area (Å²) in [6.45, 7) is 7.87. The van der Waals surface area contributed by atoms with Crippen LogP contribution in [0.5, 0.6) is 0 Å². The molecular formula is C14H19N5O2. The van der Waals surface area contributed by atoms with E-state index in [9.17, 15) is 4.79 Å². The van der Waals surface area contributed by atoms with E-state index in [1.807, 2.05) is 20.8 Å². The highest BCUT2D eigenvalue weighted by Crippen LogP contribution is 2.20. The molecule has 7 nitrogen and oxygen atoms in total. The molecule has 2 heterocycles. The summed E-state index contributed by atoms with van der Waals surface area (Å²) in [4.78, 5) is 20.4. The van der Waals surface area contributed by atoms with E-state index < -0.39 is 5.97 Å². The zero-order chi connectivity index (χ0) is 15.6. The Morgan fingerprint density at radius 2 is 2.14 bits per heavy atom. The molecule has 0 fully saturated rings. The fourth-order valence-corrected chi connectivity index (χ4v) is 1.78. The molecule has 7 heteroatoms. The molecule has 0 aromatic carbocycles. The third-order valence-corrected chi connectivity index (χ3v) is 3.00. The van der Waals surface area contributed by atoms with Gasteiger partial charge in [-0.1, -0.05) is 13.8 Å². The lowest BCUT2D eigenvalue weighted by molar-refractivity contribution is 0.0526. The lowest BCUT2D eigenvalue weighted by atomic mass is 10.2. The third kappa shape index (κ3) is 3.01. The second-order valence-corrected chi connectivity index (χ2v) is 4.96. The van der Waals surface area contributed by atoms with Crippen LogP contribution in [0.15, 0.2) is 12.4 Å². The first-order valence-electron chi connectivity index (χ1n) is 6.80. The van der Waals surface area contributed by atoms with E-state index in [2.05, 4.69) is 15.1 Å². The highest BCUT2D eigenvalue weighted by molar-refractivity contribution is 5.88. The zero-order valence-electron chi connectivity index (χ0n) is 12.6. The molecule has 0 unspecified atom stereocenters. The second kappa shape index (κ2) is 5.90. The monoisotopic (exact) mass is 289 g/mol. The molecule has 2 aromatic rings. The molecule has 0 aliphatic carbocycles.